The van der Waals surface area contributed by atoms with E-state index in [1.165, 1.54) is 12.1 Å². The first-order chi connectivity index (χ1) is 13.5. The zero-order valence-electron chi connectivity index (χ0n) is 15.1. The Morgan fingerprint density at radius 3 is 2.75 bits per heavy atom. The second-order valence-corrected chi connectivity index (χ2v) is 6.47. The van der Waals surface area contributed by atoms with Gasteiger partial charge in [0, 0.05) is 5.38 Å². The molecule has 0 saturated heterocycles. The number of hydrogen-bond donors (Lipinski definition) is 1. The molecule has 10 heteroatoms. The van der Waals surface area contributed by atoms with Crippen LogP contribution in [0.25, 0.3) is 0 Å². The van der Waals surface area contributed by atoms with Gasteiger partial charge in [-0.05, 0) is 25.1 Å². The van der Waals surface area contributed by atoms with Gasteiger partial charge in [-0.25, -0.2) is 9.78 Å². The van der Waals surface area contributed by atoms with Crippen molar-refractivity contribution in [1.29, 1.82) is 0 Å². The van der Waals surface area contributed by atoms with E-state index < -0.39 is 18.5 Å². The second-order valence-electron chi connectivity index (χ2n) is 5.61. The largest absolute Gasteiger partial charge is 0.486 e. The van der Waals surface area contributed by atoms with Gasteiger partial charge in [0.1, 0.15) is 13.2 Å². The van der Waals surface area contributed by atoms with Gasteiger partial charge in [-0.3, -0.25) is 14.9 Å². The summed E-state index contributed by atoms with van der Waals surface area (Å²) in [6.07, 6.45) is 0.0271. The van der Waals surface area contributed by atoms with Crippen molar-refractivity contribution in [3.63, 3.8) is 0 Å². The predicted octanol–water partition coefficient (Wildman–Crippen LogP) is 1.82. The van der Waals surface area contributed by atoms with E-state index in [2.05, 4.69) is 10.3 Å². The monoisotopic (exact) mass is 406 g/mol. The molecule has 1 aromatic heterocycles. The molecule has 28 heavy (non-hydrogen) atoms. The summed E-state index contributed by atoms with van der Waals surface area (Å²) in [4.78, 5) is 39.6. The summed E-state index contributed by atoms with van der Waals surface area (Å²) >= 11 is 1.16. The number of hydrogen-bond acceptors (Lipinski definition) is 9. The number of nitrogens with one attached hydrogen (secondary N) is 1. The Kier molecular flexibility index (Phi) is 6.43. The van der Waals surface area contributed by atoms with Gasteiger partial charge in [0.25, 0.3) is 5.91 Å². The first kappa shape index (κ1) is 19.6. The van der Waals surface area contributed by atoms with E-state index >= 15 is 0 Å². The van der Waals surface area contributed by atoms with E-state index in [1.54, 1.807) is 18.4 Å². The van der Waals surface area contributed by atoms with Gasteiger partial charge in [0.2, 0.25) is 0 Å². The van der Waals surface area contributed by atoms with E-state index in [9.17, 15) is 14.4 Å². The molecule has 1 N–H and O–H groups in total. The molecule has 148 valence electrons. The lowest BCUT2D eigenvalue weighted by Crippen LogP contribution is -2.21. The van der Waals surface area contributed by atoms with Gasteiger partial charge >= 0.3 is 11.9 Å². The molecule has 2 heterocycles. The van der Waals surface area contributed by atoms with E-state index in [-0.39, 0.29) is 18.0 Å². The molecule has 0 spiro atoms. The number of benzene rings is 1. The summed E-state index contributed by atoms with van der Waals surface area (Å²) in [6.45, 7) is 2.40. The number of anilines is 1. The molecule has 1 amide bonds. The lowest BCUT2D eigenvalue weighted by Gasteiger charge is -2.18. The third-order valence-electron chi connectivity index (χ3n) is 3.54. The molecule has 1 aliphatic heterocycles. The summed E-state index contributed by atoms with van der Waals surface area (Å²) in [7, 11) is 0. The van der Waals surface area contributed by atoms with Gasteiger partial charge < -0.3 is 18.9 Å². The van der Waals surface area contributed by atoms with Crippen LogP contribution in [0.15, 0.2) is 23.6 Å². The fourth-order valence-electron chi connectivity index (χ4n) is 2.35. The van der Waals surface area contributed by atoms with Crippen LogP contribution in [-0.4, -0.2) is 49.3 Å². The van der Waals surface area contributed by atoms with Crippen LogP contribution in [0.3, 0.4) is 0 Å². The van der Waals surface area contributed by atoms with Gasteiger partial charge in [-0.1, -0.05) is 0 Å². The summed E-state index contributed by atoms with van der Waals surface area (Å²) in [6, 6.07) is 4.67. The first-order valence-electron chi connectivity index (χ1n) is 8.52. The van der Waals surface area contributed by atoms with Crippen LogP contribution < -0.4 is 14.8 Å². The van der Waals surface area contributed by atoms with E-state index in [4.69, 9.17) is 18.9 Å². The number of esters is 2. The number of thiazole rings is 1. The Labute approximate surface area is 164 Å². The zero-order chi connectivity index (χ0) is 19.9. The molecule has 3 rings (SSSR count). The molecule has 9 nitrogen and oxygen atoms in total. The molecule has 2 aromatic rings. The Morgan fingerprint density at radius 1 is 1.18 bits per heavy atom. The van der Waals surface area contributed by atoms with Crippen LogP contribution in [-0.2, 0) is 25.5 Å². The summed E-state index contributed by atoms with van der Waals surface area (Å²) in [5.41, 5.74) is 0.745. The van der Waals surface area contributed by atoms with Gasteiger partial charge in [-0.2, -0.15) is 0 Å². The quantitative estimate of drug-likeness (QED) is 0.693. The topological polar surface area (TPSA) is 113 Å². The number of aromatic nitrogens is 1. The maximum atomic E-state index is 12.1. The normalized spacial score (nSPS) is 12.2. The van der Waals surface area contributed by atoms with Crippen LogP contribution in [0.2, 0.25) is 0 Å². The van der Waals surface area contributed by atoms with Crippen molar-refractivity contribution in [3.8, 4) is 11.5 Å². The zero-order valence-corrected chi connectivity index (χ0v) is 15.9. The minimum Gasteiger partial charge on any atom is -0.486 e. The average molecular weight is 406 g/mol. The van der Waals surface area contributed by atoms with Crippen molar-refractivity contribution in [1.82, 2.24) is 4.98 Å². The summed E-state index contributed by atoms with van der Waals surface area (Å²) in [5.74, 6) is -0.568. The molecule has 0 aliphatic carbocycles. The highest BCUT2D eigenvalue weighted by molar-refractivity contribution is 7.13. The van der Waals surface area contributed by atoms with Crippen LogP contribution >= 0.6 is 11.3 Å². The number of amides is 1. The SMILES string of the molecule is CCOC(=O)Cc1csc(NC(=O)COC(=O)c2ccc3c(c2)OCCO3)n1. The summed E-state index contributed by atoms with van der Waals surface area (Å²) < 4.78 is 20.7. The molecule has 1 aromatic carbocycles. The predicted molar refractivity (Wildman–Crippen MR) is 98.8 cm³/mol. The fourth-order valence-corrected chi connectivity index (χ4v) is 3.07. The van der Waals surface area contributed by atoms with Gasteiger partial charge in [0.05, 0.1) is 24.3 Å². The van der Waals surface area contributed by atoms with Crippen molar-refractivity contribution in [2.75, 3.05) is 31.7 Å². The standard InChI is InChI=1S/C18H18N2O7S/c1-2-24-16(22)8-12-10-28-18(19-12)20-15(21)9-27-17(23)11-3-4-13-14(7-11)26-6-5-25-13/h3-4,7,10H,2,5-6,8-9H2,1H3,(H,19,20,21). The van der Waals surface area contributed by atoms with Crippen molar-refractivity contribution in [2.45, 2.75) is 13.3 Å². The molecule has 1 aliphatic rings. The van der Waals surface area contributed by atoms with Crippen molar-refractivity contribution in [3.05, 3.63) is 34.8 Å². The van der Waals surface area contributed by atoms with E-state index in [1.807, 2.05) is 0 Å². The van der Waals surface area contributed by atoms with Crippen molar-refractivity contribution < 1.29 is 33.3 Å². The highest BCUT2D eigenvalue weighted by atomic mass is 32.1. The molecule has 0 radical (unpaired) electrons. The number of fused-ring (bicyclic) bond motifs is 1. The Bertz CT molecular complexity index is 881. The third kappa shape index (κ3) is 5.19. The molecule has 0 fully saturated rings. The maximum Gasteiger partial charge on any atom is 0.338 e. The van der Waals surface area contributed by atoms with Gasteiger partial charge in [-0.15, -0.1) is 11.3 Å². The molecule has 0 bridgehead atoms. The molecule has 0 unspecified atom stereocenters. The Morgan fingerprint density at radius 2 is 1.96 bits per heavy atom. The molecular weight excluding hydrogens is 388 g/mol. The molecule has 0 saturated carbocycles. The molecular formula is C18H18N2O7S. The number of rotatable bonds is 7. The van der Waals surface area contributed by atoms with E-state index in [0.29, 0.717) is 42.1 Å². The van der Waals surface area contributed by atoms with E-state index in [0.717, 1.165) is 11.3 Å². The number of nitrogens with zero attached hydrogens (tertiary/aromatic N) is 1. The average Bonchev–Trinajstić information content (AvgIpc) is 3.12. The van der Waals surface area contributed by atoms with Gasteiger partial charge in [0.15, 0.2) is 23.2 Å². The van der Waals surface area contributed by atoms with Crippen molar-refractivity contribution in [2.24, 2.45) is 0 Å². The Balaban J connectivity index is 1.48. The number of carbonyl (C=O) groups excluding carboxylic acids is 3. The first-order valence-corrected chi connectivity index (χ1v) is 9.39. The Hall–Kier alpha value is -3.14. The number of carbonyl (C=O) groups is 3. The molecule has 0 atom stereocenters. The number of ether oxygens (including phenoxy) is 4. The third-order valence-corrected chi connectivity index (χ3v) is 4.35. The maximum absolute atomic E-state index is 12.1. The summed E-state index contributed by atoms with van der Waals surface area (Å²) in [5, 5.41) is 4.47. The smallest absolute Gasteiger partial charge is 0.338 e. The van der Waals surface area contributed by atoms with Crippen LogP contribution in [0.5, 0.6) is 11.5 Å². The highest BCUT2D eigenvalue weighted by Crippen LogP contribution is 2.30. The lowest BCUT2D eigenvalue weighted by molar-refractivity contribution is -0.142. The van der Waals surface area contributed by atoms with Crippen LogP contribution in [0, 0.1) is 0 Å². The van der Waals surface area contributed by atoms with Crippen LogP contribution in [0.1, 0.15) is 23.0 Å². The highest BCUT2D eigenvalue weighted by Gasteiger charge is 2.17. The lowest BCUT2D eigenvalue weighted by atomic mass is 10.2. The second kappa shape index (κ2) is 9.18. The van der Waals surface area contributed by atoms with Crippen molar-refractivity contribution >= 4 is 34.3 Å². The fraction of sp³-hybridized carbons (Fsp3) is 0.333. The van der Waals surface area contributed by atoms with Crippen LogP contribution in [0.4, 0.5) is 5.13 Å². The minimum atomic E-state index is -0.658. The minimum absolute atomic E-state index is 0.0271.